The number of benzene rings is 1. The first-order valence-corrected chi connectivity index (χ1v) is 6.18. The largest absolute Gasteiger partial charge is 0.416 e. The van der Waals surface area contributed by atoms with E-state index in [0.717, 1.165) is 12.1 Å². The van der Waals surface area contributed by atoms with E-state index in [1.165, 1.54) is 12.1 Å². The molecule has 7 heteroatoms. The molecule has 1 rings (SSSR count). The number of rotatable bonds is 6. The number of aliphatic hydroxyl groups excluding tert-OH is 1. The van der Waals surface area contributed by atoms with Crippen molar-refractivity contribution >= 4 is 5.91 Å². The first-order chi connectivity index (χ1) is 9.40. The molecular weight excluding hydrogens is 273 g/mol. The van der Waals surface area contributed by atoms with Gasteiger partial charge in [-0.25, -0.2) is 5.84 Å². The van der Waals surface area contributed by atoms with Gasteiger partial charge >= 0.3 is 6.18 Å². The minimum atomic E-state index is -4.45. The quantitative estimate of drug-likeness (QED) is 0.324. The molecule has 0 fully saturated rings. The van der Waals surface area contributed by atoms with Crippen molar-refractivity contribution in [3.05, 3.63) is 35.4 Å². The second kappa shape index (κ2) is 7.25. The summed E-state index contributed by atoms with van der Waals surface area (Å²) in [6.45, 7) is -0.0282. The number of hydrogen-bond acceptors (Lipinski definition) is 3. The van der Waals surface area contributed by atoms with Crippen LogP contribution in [-0.4, -0.2) is 17.6 Å². The topological polar surface area (TPSA) is 75.3 Å². The summed E-state index contributed by atoms with van der Waals surface area (Å²) in [7, 11) is 0. The number of halogens is 3. The van der Waals surface area contributed by atoms with Crippen LogP contribution in [0.4, 0.5) is 13.2 Å². The summed E-state index contributed by atoms with van der Waals surface area (Å²) in [4.78, 5) is 11.7. The second-order valence-corrected chi connectivity index (χ2v) is 4.40. The van der Waals surface area contributed by atoms with Crippen LogP contribution in [-0.2, 0) is 11.0 Å². The number of aliphatic hydroxyl groups is 1. The number of nitrogens with two attached hydrogens (primary N) is 1. The predicted molar refractivity (Wildman–Crippen MR) is 67.5 cm³/mol. The number of amides is 1. The smallest absolute Gasteiger partial charge is 0.396 e. The molecule has 0 saturated carbocycles. The molecule has 0 heterocycles. The van der Waals surface area contributed by atoms with Gasteiger partial charge in [-0.2, -0.15) is 13.2 Å². The Kier molecular flexibility index (Phi) is 5.97. The van der Waals surface area contributed by atoms with Gasteiger partial charge < -0.3 is 5.11 Å². The third-order valence-electron chi connectivity index (χ3n) is 2.98. The van der Waals surface area contributed by atoms with Crippen LogP contribution in [0.5, 0.6) is 0 Å². The zero-order valence-corrected chi connectivity index (χ0v) is 10.8. The van der Waals surface area contributed by atoms with Crippen LogP contribution in [0.15, 0.2) is 24.3 Å². The van der Waals surface area contributed by atoms with Gasteiger partial charge in [0.15, 0.2) is 0 Å². The van der Waals surface area contributed by atoms with Crippen molar-refractivity contribution in [2.75, 3.05) is 6.61 Å². The molecule has 0 aliphatic rings. The molecule has 0 aliphatic carbocycles. The van der Waals surface area contributed by atoms with Crippen LogP contribution < -0.4 is 11.3 Å². The highest BCUT2D eigenvalue weighted by Gasteiger charge is 2.31. The molecule has 0 aromatic heterocycles. The lowest BCUT2D eigenvalue weighted by molar-refractivity contribution is -0.137. The Bertz CT molecular complexity index is 449. The number of carbonyl (C=O) groups is 1. The molecule has 1 aromatic carbocycles. The van der Waals surface area contributed by atoms with Gasteiger partial charge in [-0.05, 0) is 24.5 Å². The maximum atomic E-state index is 12.7. The van der Waals surface area contributed by atoms with Gasteiger partial charge in [0.05, 0.1) is 11.5 Å². The zero-order valence-electron chi connectivity index (χ0n) is 10.8. The van der Waals surface area contributed by atoms with Crippen molar-refractivity contribution in [3.63, 3.8) is 0 Å². The normalized spacial score (nSPS) is 13.1. The van der Waals surface area contributed by atoms with E-state index in [1.807, 2.05) is 5.43 Å². The lowest BCUT2D eigenvalue weighted by atomic mass is 9.91. The second-order valence-electron chi connectivity index (χ2n) is 4.40. The monoisotopic (exact) mass is 290 g/mol. The van der Waals surface area contributed by atoms with E-state index in [4.69, 9.17) is 10.9 Å². The Morgan fingerprint density at radius 2 is 2.05 bits per heavy atom. The highest BCUT2D eigenvalue weighted by Crippen LogP contribution is 2.32. The van der Waals surface area contributed by atoms with Crippen LogP contribution >= 0.6 is 0 Å². The van der Waals surface area contributed by atoms with E-state index in [1.54, 1.807) is 0 Å². The van der Waals surface area contributed by atoms with E-state index in [-0.39, 0.29) is 12.2 Å². The number of alkyl halides is 3. The number of hydrogen-bond donors (Lipinski definition) is 3. The predicted octanol–water partition coefficient (Wildman–Crippen LogP) is 1.94. The summed E-state index contributed by atoms with van der Waals surface area (Å²) in [5, 5.41) is 8.72. The van der Waals surface area contributed by atoms with Crippen molar-refractivity contribution in [2.24, 2.45) is 5.84 Å². The van der Waals surface area contributed by atoms with Gasteiger partial charge in [0, 0.05) is 6.61 Å². The van der Waals surface area contributed by atoms with Crippen molar-refractivity contribution in [3.8, 4) is 0 Å². The van der Waals surface area contributed by atoms with Crippen LogP contribution in [0, 0.1) is 0 Å². The molecule has 20 heavy (non-hydrogen) atoms. The molecule has 1 unspecified atom stereocenters. The summed E-state index contributed by atoms with van der Waals surface area (Å²) in [6, 6.07) is 4.64. The molecule has 0 spiro atoms. The highest BCUT2D eigenvalue weighted by molar-refractivity contribution is 5.83. The highest BCUT2D eigenvalue weighted by atomic mass is 19.4. The number of unbranched alkanes of at least 4 members (excludes halogenated alkanes) is 1. The Balaban J connectivity index is 2.98. The summed E-state index contributed by atoms with van der Waals surface area (Å²) >= 11 is 0. The van der Waals surface area contributed by atoms with Gasteiger partial charge in [-0.1, -0.05) is 24.6 Å². The first-order valence-electron chi connectivity index (χ1n) is 6.18. The van der Waals surface area contributed by atoms with Gasteiger partial charge in [0.25, 0.3) is 0 Å². The van der Waals surface area contributed by atoms with Gasteiger partial charge in [0.2, 0.25) is 5.91 Å². The number of carbonyl (C=O) groups excluding carboxylic acids is 1. The van der Waals surface area contributed by atoms with E-state index >= 15 is 0 Å². The maximum Gasteiger partial charge on any atom is 0.416 e. The van der Waals surface area contributed by atoms with E-state index in [2.05, 4.69) is 0 Å². The van der Waals surface area contributed by atoms with Crippen LogP contribution in [0.3, 0.4) is 0 Å². The minimum absolute atomic E-state index is 0.0282. The van der Waals surface area contributed by atoms with Crippen molar-refractivity contribution in [2.45, 2.75) is 31.4 Å². The Labute approximate surface area is 114 Å². The molecule has 0 radical (unpaired) electrons. The third-order valence-corrected chi connectivity index (χ3v) is 2.98. The molecular formula is C13H17F3N2O2. The lowest BCUT2D eigenvalue weighted by Crippen LogP contribution is -2.35. The lowest BCUT2D eigenvalue weighted by Gasteiger charge is -2.17. The molecule has 112 valence electrons. The van der Waals surface area contributed by atoms with Gasteiger partial charge in [-0.3, -0.25) is 10.2 Å². The maximum absolute atomic E-state index is 12.7. The van der Waals surface area contributed by atoms with Crippen LogP contribution in [0.25, 0.3) is 0 Å². The van der Waals surface area contributed by atoms with E-state index < -0.39 is 23.6 Å². The Morgan fingerprint density at radius 3 is 2.60 bits per heavy atom. The van der Waals surface area contributed by atoms with E-state index in [9.17, 15) is 18.0 Å². The van der Waals surface area contributed by atoms with Crippen molar-refractivity contribution in [1.29, 1.82) is 0 Å². The molecule has 1 aromatic rings. The molecule has 0 saturated heterocycles. The molecule has 0 aliphatic heterocycles. The van der Waals surface area contributed by atoms with Crippen LogP contribution in [0.1, 0.15) is 36.3 Å². The van der Waals surface area contributed by atoms with Crippen molar-refractivity contribution < 1.29 is 23.1 Å². The number of hydrazine groups is 1. The van der Waals surface area contributed by atoms with Gasteiger partial charge in [0.1, 0.15) is 0 Å². The summed E-state index contributed by atoms with van der Waals surface area (Å²) in [6.07, 6.45) is -3.13. The number of nitrogens with one attached hydrogen (secondary N) is 1. The zero-order chi connectivity index (χ0) is 15.2. The molecule has 4 nitrogen and oxygen atoms in total. The summed E-state index contributed by atoms with van der Waals surface area (Å²) in [5.41, 5.74) is 1.43. The molecule has 1 atom stereocenters. The average Bonchev–Trinajstić information content (AvgIpc) is 2.42. The first kappa shape index (κ1) is 16.5. The fraction of sp³-hybridized carbons (Fsp3) is 0.462. The fourth-order valence-electron chi connectivity index (χ4n) is 1.94. The van der Waals surface area contributed by atoms with E-state index in [0.29, 0.717) is 19.3 Å². The van der Waals surface area contributed by atoms with Gasteiger partial charge in [-0.15, -0.1) is 0 Å². The standard InChI is InChI=1S/C13H17F3N2O2/c14-13(15,16)10-5-3-4-9(8-10)11(12(20)18-17)6-1-2-7-19/h3-5,8,11,19H,1-2,6-7,17H2,(H,18,20). The summed E-state index contributed by atoms with van der Waals surface area (Å²) < 4.78 is 38.0. The fourth-order valence-corrected chi connectivity index (χ4v) is 1.94. The molecule has 0 bridgehead atoms. The Morgan fingerprint density at radius 1 is 1.35 bits per heavy atom. The third kappa shape index (κ3) is 4.50. The SMILES string of the molecule is NNC(=O)C(CCCCO)c1cccc(C(F)(F)F)c1. The Hall–Kier alpha value is -1.60. The van der Waals surface area contributed by atoms with Crippen molar-refractivity contribution in [1.82, 2.24) is 5.43 Å². The minimum Gasteiger partial charge on any atom is -0.396 e. The average molecular weight is 290 g/mol. The van der Waals surface area contributed by atoms with Crippen LogP contribution in [0.2, 0.25) is 0 Å². The summed E-state index contributed by atoms with van der Waals surface area (Å²) in [5.74, 6) is 3.77. The molecule has 1 amide bonds. The molecule has 4 N–H and O–H groups in total.